The minimum Gasteiger partial charge on any atom is -0.344 e. The smallest absolute Gasteiger partial charge is 0.289 e. The van der Waals surface area contributed by atoms with Crippen LogP contribution in [0.2, 0.25) is 0 Å². The first kappa shape index (κ1) is 28.7. The van der Waals surface area contributed by atoms with Crippen LogP contribution in [0.3, 0.4) is 0 Å². The van der Waals surface area contributed by atoms with E-state index in [1.54, 1.807) is 35.7 Å². The van der Waals surface area contributed by atoms with E-state index < -0.39 is 72.7 Å². The van der Waals surface area contributed by atoms with Gasteiger partial charge in [0.1, 0.15) is 17.1 Å². The average Bonchev–Trinajstić information content (AvgIpc) is 3.53. The molecule has 4 rings (SSSR count). The third kappa shape index (κ3) is 7.40. The van der Waals surface area contributed by atoms with Gasteiger partial charge in [-0.25, -0.2) is 22.5 Å². The highest BCUT2D eigenvalue weighted by Crippen LogP contribution is 2.40. The van der Waals surface area contributed by atoms with Gasteiger partial charge in [0.2, 0.25) is 23.5 Å². The molecule has 8 nitrogen and oxygen atoms in total. The van der Waals surface area contributed by atoms with Crippen LogP contribution in [0.25, 0.3) is 0 Å². The van der Waals surface area contributed by atoms with Gasteiger partial charge in [0.25, 0.3) is 11.8 Å². The van der Waals surface area contributed by atoms with E-state index in [0.717, 1.165) is 0 Å². The van der Waals surface area contributed by atoms with Crippen LogP contribution >= 0.6 is 11.3 Å². The number of aromatic nitrogens is 1. The van der Waals surface area contributed by atoms with Gasteiger partial charge >= 0.3 is 0 Å². The SMILES string of the molecule is O=C(NCc1nccs1)C(=O)[C@@H](Cc1ccccc1)NC(=O)[C@H]1CC(F)(F)CN1C(=O)C1CCCC(F)(F)C1. The Morgan fingerprint density at radius 1 is 1.08 bits per heavy atom. The molecule has 13 heteroatoms. The van der Waals surface area contributed by atoms with Crippen LogP contribution in [0.1, 0.15) is 42.7 Å². The summed E-state index contributed by atoms with van der Waals surface area (Å²) in [5, 5.41) is 7.07. The van der Waals surface area contributed by atoms with Gasteiger partial charge < -0.3 is 15.5 Å². The molecule has 0 spiro atoms. The van der Waals surface area contributed by atoms with E-state index in [1.807, 2.05) is 0 Å². The normalized spacial score (nSPS) is 22.6. The summed E-state index contributed by atoms with van der Waals surface area (Å²) in [5.74, 6) is -11.7. The van der Waals surface area contributed by atoms with Crippen molar-refractivity contribution in [2.75, 3.05) is 6.54 Å². The molecule has 2 aliphatic rings. The maximum absolute atomic E-state index is 14.4. The molecular formula is C26H28F4N4O4S. The number of nitrogens with zero attached hydrogens (tertiary/aromatic N) is 2. The lowest BCUT2D eigenvalue weighted by molar-refractivity contribution is -0.148. The monoisotopic (exact) mass is 568 g/mol. The van der Waals surface area contributed by atoms with Crippen LogP contribution in [0.15, 0.2) is 41.9 Å². The van der Waals surface area contributed by atoms with Gasteiger partial charge in [-0.2, -0.15) is 0 Å². The molecule has 210 valence electrons. The zero-order chi connectivity index (χ0) is 28.2. The lowest BCUT2D eigenvalue weighted by Gasteiger charge is -2.33. The molecule has 1 unspecified atom stereocenters. The maximum Gasteiger partial charge on any atom is 0.289 e. The zero-order valence-electron chi connectivity index (χ0n) is 20.9. The maximum atomic E-state index is 14.4. The predicted octanol–water partition coefficient (Wildman–Crippen LogP) is 3.12. The van der Waals surface area contributed by atoms with E-state index in [0.29, 0.717) is 15.5 Å². The van der Waals surface area contributed by atoms with E-state index in [-0.39, 0.29) is 32.2 Å². The molecule has 1 aromatic carbocycles. The summed E-state index contributed by atoms with van der Waals surface area (Å²) in [6.45, 7) is -1.10. The van der Waals surface area contributed by atoms with Crippen molar-refractivity contribution in [2.24, 2.45) is 5.92 Å². The molecule has 1 aromatic heterocycles. The van der Waals surface area contributed by atoms with Crippen LogP contribution in [-0.2, 0) is 32.1 Å². The summed E-state index contributed by atoms with van der Waals surface area (Å²) in [7, 11) is 0. The number of Topliss-reactive ketones (excluding diaryl/α,β-unsaturated/α-hetero) is 1. The Morgan fingerprint density at radius 2 is 1.82 bits per heavy atom. The van der Waals surface area contributed by atoms with Gasteiger partial charge in [0.05, 0.1) is 13.1 Å². The molecule has 39 heavy (non-hydrogen) atoms. The number of halogens is 4. The molecular weight excluding hydrogens is 540 g/mol. The van der Waals surface area contributed by atoms with Crippen molar-refractivity contribution in [3.8, 4) is 0 Å². The number of carbonyl (C=O) groups excluding carboxylic acids is 4. The number of amides is 3. The number of likely N-dealkylation sites (tertiary alicyclic amines) is 1. The van der Waals surface area contributed by atoms with Crippen LogP contribution in [0, 0.1) is 5.92 Å². The van der Waals surface area contributed by atoms with E-state index >= 15 is 0 Å². The number of hydrogen-bond acceptors (Lipinski definition) is 6. The number of hydrogen-bond donors (Lipinski definition) is 2. The van der Waals surface area contributed by atoms with Crippen molar-refractivity contribution in [3.63, 3.8) is 0 Å². The fourth-order valence-corrected chi connectivity index (χ4v) is 5.52. The van der Waals surface area contributed by atoms with Crippen molar-refractivity contribution in [2.45, 2.75) is 69.0 Å². The molecule has 2 aromatic rings. The first-order chi connectivity index (χ1) is 18.4. The number of nitrogens with one attached hydrogen (secondary N) is 2. The van der Waals surface area contributed by atoms with Gasteiger partial charge in [-0.3, -0.25) is 19.2 Å². The lowest BCUT2D eigenvalue weighted by atomic mass is 9.85. The minimum absolute atomic E-state index is 0.0165. The second kappa shape index (κ2) is 11.8. The minimum atomic E-state index is -3.42. The molecule has 3 atom stereocenters. The predicted molar refractivity (Wildman–Crippen MR) is 133 cm³/mol. The summed E-state index contributed by atoms with van der Waals surface area (Å²) < 4.78 is 56.7. The molecule has 1 aliphatic heterocycles. The molecule has 1 saturated heterocycles. The van der Waals surface area contributed by atoms with E-state index in [1.165, 1.54) is 17.5 Å². The Hall–Kier alpha value is -3.35. The Morgan fingerprint density at radius 3 is 2.49 bits per heavy atom. The van der Waals surface area contributed by atoms with Crippen LogP contribution in [0.4, 0.5) is 17.6 Å². The summed E-state index contributed by atoms with van der Waals surface area (Å²) in [5.41, 5.74) is 0.595. The summed E-state index contributed by atoms with van der Waals surface area (Å²) >= 11 is 1.27. The Labute approximate surface area is 226 Å². The number of alkyl halides is 4. The fraction of sp³-hybridized carbons (Fsp3) is 0.500. The quantitative estimate of drug-likeness (QED) is 0.357. The highest BCUT2D eigenvalue weighted by Gasteiger charge is 2.52. The van der Waals surface area contributed by atoms with Crippen molar-refractivity contribution < 1.29 is 36.7 Å². The molecule has 1 aliphatic carbocycles. The third-order valence-electron chi connectivity index (χ3n) is 6.87. The van der Waals surface area contributed by atoms with Crippen LogP contribution < -0.4 is 10.6 Å². The number of benzene rings is 1. The molecule has 0 bridgehead atoms. The van der Waals surface area contributed by atoms with Crippen LogP contribution in [0.5, 0.6) is 0 Å². The topological polar surface area (TPSA) is 108 Å². The van der Waals surface area contributed by atoms with Crippen LogP contribution in [-0.4, -0.2) is 63.9 Å². The highest BCUT2D eigenvalue weighted by molar-refractivity contribution is 7.09. The van der Waals surface area contributed by atoms with E-state index in [2.05, 4.69) is 15.6 Å². The van der Waals surface area contributed by atoms with Gasteiger partial charge in [-0.15, -0.1) is 11.3 Å². The third-order valence-corrected chi connectivity index (χ3v) is 7.65. The molecule has 0 radical (unpaired) electrons. The van der Waals surface area contributed by atoms with Gasteiger partial charge in [0.15, 0.2) is 0 Å². The average molecular weight is 569 g/mol. The number of rotatable bonds is 9. The summed E-state index contributed by atoms with van der Waals surface area (Å²) in [4.78, 5) is 56.7. The van der Waals surface area contributed by atoms with Crippen molar-refractivity contribution in [3.05, 3.63) is 52.5 Å². The lowest BCUT2D eigenvalue weighted by Crippen LogP contribution is -2.54. The first-order valence-corrected chi connectivity index (χ1v) is 13.4. The standard InChI is InChI=1S/C26H28F4N4O4S/c27-25(28)8-4-7-17(12-25)24(38)34-15-26(29,30)13-19(34)22(36)33-18(11-16-5-2-1-3-6-16)21(35)23(37)32-14-20-31-9-10-39-20/h1-3,5-6,9-10,17-19H,4,7-8,11-15H2,(H,32,37)(H,33,36)/t17?,18-,19-/m1/s1. The van der Waals surface area contributed by atoms with Crippen molar-refractivity contribution in [1.82, 2.24) is 20.5 Å². The molecule has 1 saturated carbocycles. The fourth-order valence-electron chi connectivity index (χ4n) is 4.97. The Bertz CT molecular complexity index is 1200. The van der Waals surface area contributed by atoms with Gasteiger partial charge in [-0.05, 0) is 18.4 Å². The largest absolute Gasteiger partial charge is 0.344 e. The number of carbonyl (C=O) groups is 4. The molecule has 2 heterocycles. The number of ketones is 1. The second-order valence-corrected chi connectivity index (χ2v) is 10.9. The van der Waals surface area contributed by atoms with Crippen molar-refractivity contribution >= 4 is 34.8 Å². The van der Waals surface area contributed by atoms with Crippen molar-refractivity contribution in [1.29, 1.82) is 0 Å². The van der Waals surface area contributed by atoms with Gasteiger partial charge in [-0.1, -0.05) is 30.3 Å². The summed E-state index contributed by atoms with van der Waals surface area (Å²) in [6, 6.07) is 5.37. The summed E-state index contributed by atoms with van der Waals surface area (Å²) in [6.07, 6.45) is -0.571. The first-order valence-electron chi connectivity index (χ1n) is 12.5. The zero-order valence-corrected chi connectivity index (χ0v) is 21.7. The van der Waals surface area contributed by atoms with E-state index in [9.17, 15) is 36.7 Å². The Kier molecular flexibility index (Phi) is 8.67. The molecule has 2 N–H and O–H groups in total. The molecule has 3 amide bonds. The molecule has 2 fully saturated rings. The number of thiazole rings is 1. The van der Waals surface area contributed by atoms with Gasteiger partial charge in [0, 0.05) is 43.2 Å². The highest BCUT2D eigenvalue weighted by atomic mass is 32.1. The van der Waals surface area contributed by atoms with E-state index in [4.69, 9.17) is 0 Å². The second-order valence-electron chi connectivity index (χ2n) is 9.91. The Balaban J connectivity index is 1.50.